The molecule has 4 nitrogen and oxygen atoms in total. The van der Waals surface area contributed by atoms with Crippen LogP contribution in [0.1, 0.15) is 23.9 Å². The van der Waals surface area contributed by atoms with Crippen molar-refractivity contribution in [2.24, 2.45) is 5.73 Å². The lowest BCUT2D eigenvalue weighted by molar-refractivity contribution is 0.767. The van der Waals surface area contributed by atoms with E-state index < -0.39 is 0 Å². The molecule has 0 saturated carbocycles. The first-order valence-corrected chi connectivity index (χ1v) is 5.95. The first kappa shape index (κ1) is 12.1. The minimum absolute atomic E-state index is 0.406. The second-order valence-electron chi connectivity index (χ2n) is 3.89. The molecule has 17 heavy (non-hydrogen) atoms. The van der Waals surface area contributed by atoms with E-state index in [1.165, 1.54) is 0 Å². The van der Waals surface area contributed by atoms with Gasteiger partial charge in [-0.2, -0.15) is 0 Å². The van der Waals surface area contributed by atoms with Crippen molar-refractivity contribution in [2.45, 2.75) is 26.8 Å². The zero-order chi connectivity index (χ0) is 12.4. The SMILES string of the molecule is CCc1c(CN)nnn1-c1ccc(C)c(Cl)c1. The summed E-state index contributed by atoms with van der Waals surface area (Å²) in [5.74, 6) is 0. The second kappa shape index (κ2) is 4.85. The normalized spacial score (nSPS) is 10.8. The number of benzene rings is 1. The van der Waals surface area contributed by atoms with E-state index >= 15 is 0 Å². The van der Waals surface area contributed by atoms with Gasteiger partial charge in [-0.15, -0.1) is 5.10 Å². The summed E-state index contributed by atoms with van der Waals surface area (Å²) in [7, 11) is 0. The minimum Gasteiger partial charge on any atom is -0.325 e. The molecule has 0 bridgehead atoms. The summed E-state index contributed by atoms with van der Waals surface area (Å²) in [5.41, 5.74) is 9.47. The van der Waals surface area contributed by atoms with Gasteiger partial charge in [0.25, 0.3) is 0 Å². The van der Waals surface area contributed by atoms with E-state index in [1.807, 2.05) is 25.1 Å². The van der Waals surface area contributed by atoms with Crippen molar-refractivity contribution < 1.29 is 0 Å². The third-order valence-electron chi connectivity index (χ3n) is 2.77. The van der Waals surface area contributed by atoms with Gasteiger partial charge in [-0.3, -0.25) is 0 Å². The topological polar surface area (TPSA) is 56.7 Å². The molecular formula is C12H15ClN4. The van der Waals surface area contributed by atoms with Gasteiger partial charge < -0.3 is 5.73 Å². The predicted octanol–water partition coefficient (Wildman–Crippen LogP) is 2.25. The van der Waals surface area contributed by atoms with Gasteiger partial charge in [0.1, 0.15) is 0 Å². The van der Waals surface area contributed by atoms with Crippen molar-refractivity contribution in [3.8, 4) is 5.69 Å². The van der Waals surface area contributed by atoms with E-state index in [0.717, 1.165) is 34.1 Å². The smallest absolute Gasteiger partial charge is 0.0999 e. The molecular weight excluding hydrogens is 236 g/mol. The van der Waals surface area contributed by atoms with Crippen LogP contribution in [-0.4, -0.2) is 15.0 Å². The highest BCUT2D eigenvalue weighted by Gasteiger charge is 2.11. The lowest BCUT2D eigenvalue weighted by Gasteiger charge is -2.07. The fourth-order valence-electron chi connectivity index (χ4n) is 1.77. The number of rotatable bonds is 3. The fraction of sp³-hybridized carbons (Fsp3) is 0.333. The molecule has 2 aromatic rings. The van der Waals surface area contributed by atoms with Crippen LogP contribution in [0.15, 0.2) is 18.2 Å². The molecule has 0 spiro atoms. The van der Waals surface area contributed by atoms with Crippen LogP contribution in [0.4, 0.5) is 0 Å². The molecule has 1 aromatic carbocycles. The van der Waals surface area contributed by atoms with Gasteiger partial charge in [0, 0.05) is 11.6 Å². The average molecular weight is 251 g/mol. The predicted molar refractivity (Wildman–Crippen MR) is 68.4 cm³/mol. The van der Waals surface area contributed by atoms with Crippen molar-refractivity contribution in [1.29, 1.82) is 0 Å². The van der Waals surface area contributed by atoms with Crippen LogP contribution in [-0.2, 0) is 13.0 Å². The molecule has 1 aromatic heterocycles. The number of aromatic nitrogens is 3. The molecule has 0 aliphatic rings. The Morgan fingerprint density at radius 2 is 2.18 bits per heavy atom. The highest BCUT2D eigenvalue weighted by atomic mass is 35.5. The van der Waals surface area contributed by atoms with E-state index in [-0.39, 0.29) is 0 Å². The Hall–Kier alpha value is -1.39. The first-order chi connectivity index (χ1) is 8.17. The van der Waals surface area contributed by atoms with E-state index in [2.05, 4.69) is 17.2 Å². The molecule has 0 saturated heterocycles. The minimum atomic E-state index is 0.406. The summed E-state index contributed by atoms with van der Waals surface area (Å²) in [5, 5.41) is 8.94. The molecule has 0 radical (unpaired) electrons. The standard InChI is InChI=1S/C12H15ClN4/c1-3-12-11(7-14)15-16-17(12)9-5-4-8(2)10(13)6-9/h4-6H,3,7,14H2,1-2H3. The van der Waals surface area contributed by atoms with Gasteiger partial charge in [-0.05, 0) is 31.0 Å². The maximum atomic E-state index is 6.11. The zero-order valence-electron chi connectivity index (χ0n) is 9.94. The van der Waals surface area contributed by atoms with Crippen molar-refractivity contribution in [1.82, 2.24) is 15.0 Å². The quantitative estimate of drug-likeness (QED) is 0.909. The Labute approximate surface area is 105 Å². The first-order valence-electron chi connectivity index (χ1n) is 5.57. The summed E-state index contributed by atoms with van der Waals surface area (Å²) in [6, 6.07) is 5.85. The third-order valence-corrected chi connectivity index (χ3v) is 3.18. The zero-order valence-corrected chi connectivity index (χ0v) is 10.7. The monoisotopic (exact) mass is 250 g/mol. The molecule has 5 heteroatoms. The molecule has 0 fully saturated rings. The maximum Gasteiger partial charge on any atom is 0.0999 e. The average Bonchev–Trinajstić information content (AvgIpc) is 2.75. The third kappa shape index (κ3) is 2.18. The Morgan fingerprint density at radius 3 is 2.76 bits per heavy atom. The van der Waals surface area contributed by atoms with Gasteiger partial charge in [0.15, 0.2) is 0 Å². The van der Waals surface area contributed by atoms with E-state index in [9.17, 15) is 0 Å². The molecule has 2 N–H and O–H groups in total. The second-order valence-corrected chi connectivity index (χ2v) is 4.29. The molecule has 0 aliphatic heterocycles. The summed E-state index contributed by atoms with van der Waals surface area (Å²) in [4.78, 5) is 0. The highest BCUT2D eigenvalue weighted by molar-refractivity contribution is 6.31. The summed E-state index contributed by atoms with van der Waals surface area (Å²) < 4.78 is 1.80. The number of hydrogen-bond acceptors (Lipinski definition) is 3. The molecule has 90 valence electrons. The van der Waals surface area contributed by atoms with Crippen molar-refractivity contribution in [2.75, 3.05) is 0 Å². The molecule has 0 aliphatic carbocycles. The molecule has 0 atom stereocenters. The summed E-state index contributed by atoms with van der Waals surface area (Å²) in [6.45, 7) is 4.44. The van der Waals surface area contributed by atoms with Crippen molar-refractivity contribution in [3.05, 3.63) is 40.2 Å². The Balaban J connectivity index is 2.52. The molecule has 0 amide bonds. The highest BCUT2D eigenvalue weighted by Crippen LogP contribution is 2.20. The van der Waals surface area contributed by atoms with Gasteiger partial charge >= 0.3 is 0 Å². The summed E-state index contributed by atoms with van der Waals surface area (Å²) in [6.07, 6.45) is 0.838. The van der Waals surface area contributed by atoms with Crippen LogP contribution in [0.5, 0.6) is 0 Å². The van der Waals surface area contributed by atoms with Crippen LogP contribution >= 0.6 is 11.6 Å². The van der Waals surface area contributed by atoms with E-state index in [0.29, 0.717) is 6.54 Å². The van der Waals surface area contributed by atoms with Crippen molar-refractivity contribution >= 4 is 11.6 Å². The number of aryl methyl sites for hydroxylation is 1. The Morgan fingerprint density at radius 1 is 1.41 bits per heavy atom. The van der Waals surface area contributed by atoms with Crippen LogP contribution in [0.3, 0.4) is 0 Å². The van der Waals surface area contributed by atoms with Crippen molar-refractivity contribution in [3.63, 3.8) is 0 Å². The molecule has 2 rings (SSSR count). The number of hydrogen-bond donors (Lipinski definition) is 1. The van der Waals surface area contributed by atoms with Gasteiger partial charge in [0.05, 0.1) is 17.1 Å². The molecule has 1 heterocycles. The lowest BCUT2D eigenvalue weighted by Crippen LogP contribution is -2.05. The Kier molecular flexibility index (Phi) is 3.45. The Bertz CT molecular complexity index is 533. The van der Waals surface area contributed by atoms with Crippen LogP contribution in [0.2, 0.25) is 5.02 Å². The van der Waals surface area contributed by atoms with Gasteiger partial charge in [-0.1, -0.05) is 29.8 Å². The lowest BCUT2D eigenvalue weighted by atomic mass is 10.2. The summed E-state index contributed by atoms with van der Waals surface area (Å²) >= 11 is 6.11. The van der Waals surface area contributed by atoms with E-state index in [4.69, 9.17) is 17.3 Å². The van der Waals surface area contributed by atoms with E-state index in [1.54, 1.807) is 4.68 Å². The largest absolute Gasteiger partial charge is 0.325 e. The van der Waals surface area contributed by atoms with Crippen LogP contribution in [0.25, 0.3) is 5.69 Å². The van der Waals surface area contributed by atoms with Gasteiger partial charge in [-0.25, -0.2) is 4.68 Å². The fourth-order valence-corrected chi connectivity index (χ4v) is 1.94. The maximum absolute atomic E-state index is 6.11. The van der Waals surface area contributed by atoms with Crippen LogP contribution in [0, 0.1) is 6.92 Å². The molecule has 0 unspecified atom stereocenters. The van der Waals surface area contributed by atoms with Gasteiger partial charge in [0.2, 0.25) is 0 Å². The number of nitrogens with two attached hydrogens (primary N) is 1. The number of halogens is 1. The van der Waals surface area contributed by atoms with Crippen LogP contribution < -0.4 is 5.73 Å². The number of nitrogens with zero attached hydrogens (tertiary/aromatic N) is 3.